The Hall–Kier alpha value is -2.37. The Bertz CT molecular complexity index is 841. The maximum Gasteiger partial charge on any atom is 0.166 e. The minimum atomic E-state index is 0.228. The van der Waals surface area contributed by atoms with E-state index in [1.807, 2.05) is 0 Å². The van der Waals surface area contributed by atoms with Gasteiger partial charge in [0.1, 0.15) is 0 Å². The van der Waals surface area contributed by atoms with Gasteiger partial charge < -0.3 is 20.5 Å². The van der Waals surface area contributed by atoms with E-state index in [0.717, 1.165) is 25.2 Å². The first-order valence-electron chi connectivity index (χ1n) is 9.07. The second-order valence-electron chi connectivity index (χ2n) is 6.85. The van der Waals surface area contributed by atoms with E-state index in [-0.39, 0.29) is 5.92 Å². The Kier molecular flexibility index (Phi) is 6.26. The van der Waals surface area contributed by atoms with Gasteiger partial charge in [-0.2, -0.15) is 0 Å². The van der Waals surface area contributed by atoms with E-state index in [9.17, 15) is 0 Å². The van der Waals surface area contributed by atoms with E-state index >= 15 is 0 Å². The number of hydrogen-bond acceptors (Lipinski definition) is 1. The van der Waals surface area contributed by atoms with Crippen molar-refractivity contribution in [2.75, 3.05) is 33.7 Å². The molecule has 0 radical (unpaired) electrons. The molecule has 26 heavy (non-hydrogen) atoms. The molecule has 5 heteroatoms. The number of aromatic nitrogens is 1. The van der Waals surface area contributed by atoms with Gasteiger partial charge in [0.25, 0.3) is 0 Å². The summed E-state index contributed by atoms with van der Waals surface area (Å²) in [7, 11) is 4.28. The zero-order valence-corrected chi connectivity index (χ0v) is 16.2. The zero-order chi connectivity index (χ0) is 18.4. The molecule has 0 unspecified atom stereocenters. The van der Waals surface area contributed by atoms with Crippen LogP contribution < -0.4 is 15.5 Å². The summed E-state index contributed by atoms with van der Waals surface area (Å²) in [5.74, 6) is 0.228. The van der Waals surface area contributed by atoms with Gasteiger partial charge in [0.2, 0.25) is 0 Å². The number of nitrogens with one attached hydrogen (secondary N) is 4. The van der Waals surface area contributed by atoms with Gasteiger partial charge >= 0.3 is 0 Å². The first kappa shape index (κ1) is 18.4. The van der Waals surface area contributed by atoms with E-state index in [1.54, 1.807) is 0 Å². The summed E-state index contributed by atoms with van der Waals surface area (Å²) in [6.45, 7) is 2.66. The van der Waals surface area contributed by atoms with Crippen LogP contribution in [0.2, 0.25) is 0 Å². The molecule has 3 aromatic rings. The van der Waals surface area contributed by atoms with Crippen LogP contribution in [0.4, 0.5) is 0 Å². The predicted molar refractivity (Wildman–Crippen MR) is 113 cm³/mol. The van der Waals surface area contributed by atoms with E-state index < -0.39 is 0 Å². The highest BCUT2D eigenvalue weighted by atomic mass is 32.1. The molecule has 1 heterocycles. The van der Waals surface area contributed by atoms with Crippen LogP contribution in [0.1, 0.15) is 17.0 Å². The van der Waals surface area contributed by atoms with Gasteiger partial charge in [-0.3, -0.25) is 0 Å². The highest BCUT2D eigenvalue weighted by Gasteiger charge is 2.18. The zero-order valence-electron chi connectivity index (χ0n) is 15.4. The monoisotopic (exact) mass is 367 g/mol. The Labute approximate surface area is 160 Å². The average molecular weight is 368 g/mol. The standard InChI is InChI=1S/C21H26N4S/c1-25(2)13-12-22-21(26)24-14-18(16-8-4-3-5-9-16)19-15-23-20-11-7-6-10-17(19)20/h3-11,15,18,23H,12-14H2,1-2H3,(H2,22,24,26)/p+1/t18-/m0/s1. The number of rotatable bonds is 7. The summed E-state index contributed by atoms with van der Waals surface area (Å²) < 4.78 is 0. The van der Waals surface area contributed by atoms with Crippen LogP contribution in [-0.4, -0.2) is 43.8 Å². The average Bonchev–Trinajstić information content (AvgIpc) is 3.07. The molecule has 1 atom stereocenters. The van der Waals surface area contributed by atoms with Crippen molar-refractivity contribution in [3.8, 4) is 0 Å². The fourth-order valence-corrected chi connectivity index (χ4v) is 3.34. The number of thiocarbonyl (C=S) groups is 1. The summed E-state index contributed by atoms with van der Waals surface area (Å²) >= 11 is 5.46. The number of H-pyrrole nitrogens is 1. The molecule has 0 saturated carbocycles. The van der Waals surface area contributed by atoms with Crippen molar-refractivity contribution in [2.24, 2.45) is 0 Å². The summed E-state index contributed by atoms with van der Waals surface area (Å²) in [5.41, 5.74) is 3.74. The summed E-state index contributed by atoms with van der Waals surface area (Å²) in [6, 6.07) is 19.0. The van der Waals surface area contributed by atoms with E-state index in [4.69, 9.17) is 12.2 Å². The summed E-state index contributed by atoms with van der Waals surface area (Å²) in [4.78, 5) is 4.80. The normalized spacial score (nSPS) is 12.3. The first-order valence-corrected chi connectivity index (χ1v) is 9.47. The van der Waals surface area contributed by atoms with Gasteiger partial charge in [-0.1, -0.05) is 48.5 Å². The smallest absolute Gasteiger partial charge is 0.166 e. The number of hydrogen-bond donors (Lipinski definition) is 4. The third kappa shape index (κ3) is 4.62. The molecule has 3 rings (SSSR count). The summed E-state index contributed by atoms with van der Waals surface area (Å²) in [6.07, 6.45) is 2.12. The fraction of sp³-hybridized carbons (Fsp3) is 0.286. The third-order valence-corrected chi connectivity index (χ3v) is 4.86. The molecule has 4 nitrogen and oxygen atoms in total. The van der Waals surface area contributed by atoms with Gasteiger partial charge in [0.05, 0.1) is 27.2 Å². The van der Waals surface area contributed by atoms with Crippen LogP contribution in [0.5, 0.6) is 0 Å². The Balaban J connectivity index is 1.76. The molecule has 0 aliphatic heterocycles. The van der Waals surface area contributed by atoms with Crippen LogP contribution in [0.15, 0.2) is 60.8 Å². The van der Waals surface area contributed by atoms with E-state index in [0.29, 0.717) is 5.11 Å². The number of benzene rings is 2. The first-order chi connectivity index (χ1) is 12.6. The molecule has 0 aliphatic rings. The minimum Gasteiger partial charge on any atom is -0.362 e. The topological polar surface area (TPSA) is 44.3 Å². The SMILES string of the molecule is C[NH+](C)CCNC(=S)NC[C@@H](c1ccccc1)c1c[nH]c2ccccc12. The predicted octanol–water partition coefficient (Wildman–Crippen LogP) is 1.91. The molecule has 136 valence electrons. The van der Waals surface area contributed by atoms with E-state index in [1.165, 1.54) is 21.4 Å². The van der Waals surface area contributed by atoms with Crippen LogP contribution in [-0.2, 0) is 0 Å². The highest BCUT2D eigenvalue weighted by Crippen LogP contribution is 2.30. The number of likely N-dealkylation sites (N-methyl/N-ethyl adjacent to an activating group) is 1. The van der Waals surface area contributed by atoms with Crippen molar-refractivity contribution in [3.05, 3.63) is 71.9 Å². The Morgan fingerprint density at radius 1 is 1.04 bits per heavy atom. The van der Waals surface area contributed by atoms with Crippen LogP contribution in [0, 0.1) is 0 Å². The van der Waals surface area contributed by atoms with Crippen LogP contribution in [0.3, 0.4) is 0 Å². The largest absolute Gasteiger partial charge is 0.362 e. The van der Waals surface area contributed by atoms with Gasteiger partial charge in [0.15, 0.2) is 5.11 Å². The Morgan fingerprint density at radius 2 is 1.77 bits per heavy atom. The second kappa shape index (κ2) is 8.83. The molecular weight excluding hydrogens is 340 g/mol. The molecule has 4 N–H and O–H groups in total. The van der Waals surface area contributed by atoms with Crippen molar-refractivity contribution >= 4 is 28.2 Å². The molecular formula is C21H27N4S+. The molecule has 0 fully saturated rings. The highest BCUT2D eigenvalue weighted by molar-refractivity contribution is 7.80. The quantitative estimate of drug-likeness (QED) is 0.483. The maximum absolute atomic E-state index is 5.46. The van der Waals surface area contributed by atoms with Gasteiger partial charge in [-0.15, -0.1) is 0 Å². The molecule has 2 aromatic carbocycles. The number of fused-ring (bicyclic) bond motifs is 1. The lowest BCUT2D eigenvalue weighted by Crippen LogP contribution is -3.06. The molecule has 0 bridgehead atoms. The van der Waals surface area contributed by atoms with Crippen LogP contribution >= 0.6 is 12.2 Å². The van der Waals surface area contributed by atoms with Crippen molar-refractivity contribution in [1.29, 1.82) is 0 Å². The molecule has 0 aliphatic carbocycles. The lowest BCUT2D eigenvalue weighted by molar-refractivity contribution is -0.856. The lowest BCUT2D eigenvalue weighted by Gasteiger charge is -2.20. The third-order valence-electron chi connectivity index (χ3n) is 4.58. The molecule has 0 amide bonds. The maximum atomic E-state index is 5.46. The number of quaternary nitrogens is 1. The molecule has 0 spiro atoms. The second-order valence-corrected chi connectivity index (χ2v) is 7.26. The lowest BCUT2D eigenvalue weighted by atomic mass is 9.91. The van der Waals surface area contributed by atoms with Crippen molar-refractivity contribution in [1.82, 2.24) is 15.6 Å². The number of aromatic amines is 1. The van der Waals surface area contributed by atoms with E-state index in [2.05, 4.69) is 90.5 Å². The number of para-hydroxylation sites is 1. The van der Waals surface area contributed by atoms with Gasteiger partial charge in [-0.25, -0.2) is 0 Å². The molecule has 0 saturated heterocycles. The van der Waals surface area contributed by atoms with Crippen LogP contribution in [0.25, 0.3) is 10.9 Å². The molecule has 1 aromatic heterocycles. The van der Waals surface area contributed by atoms with Gasteiger partial charge in [-0.05, 0) is 29.4 Å². The van der Waals surface area contributed by atoms with Crippen molar-refractivity contribution in [3.63, 3.8) is 0 Å². The Morgan fingerprint density at radius 3 is 2.54 bits per heavy atom. The fourth-order valence-electron chi connectivity index (χ4n) is 3.16. The van der Waals surface area contributed by atoms with Crippen molar-refractivity contribution in [2.45, 2.75) is 5.92 Å². The summed E-state index contributed by atoms with van der Waals surface area (Å²) in [5, 5.41) is 8.68. The van der Waals surface area contributed by atoms with Crippen molar-refractivity contribution < 1.29 is 4.90 Å². The minimum absolute atomic E-state index is 0.228. The van der Waals surface area contributed by atoms with Gasteiger partial charge in [0, 0.05) is 29.6 Å².